The van der Waals surface area contributed by atoms with E-state index in [0.29, 0.717) is 40.4 Å². The minimum atomic E-state index is -5.35. The summed E-state index contributed by atoms with van der Waals surface area (Å²) in [7, 11) is -13.1. The fourth-order valence-electron chi connectivity index (χ4n) is 5.80. The maximum absolute atomic E-state index is 12.8. The first-order chi connectivity index (χ1) is 36.9. The molecule has 0 spiro atoms. The molecule has 1 heterocycles. The van der Waals surface area contributed by atoms with Crippen LogP contribution in [0.1, 0.15) is 7.43 Å². The monoisotopic (exact) mass is 1330 g/mol. The van der Waals surface area contributed by atoms with Gasteiger partial charge in [-0.1, -0.05) is 13.5 Å². The zero-order chi connectivity index (χ0) is 55.4. The van der Waals surface area contributed by atoms with Crippen molar-refractivity contribution < 1.29 is 244 Å². The number of azo groups is 2. The molecule has 6 rings (SSSR count). The molecule has 45 heteroatoms. The zero-order valence-corrected chi connectivity index (χ0v) is 58.5. The summed E-state index contributed by atoms with van der Waals surface area (Å²) in [6.45, 7) is -0.721. The average molecular weight is 1340 g/mol. The van der Waals surface area contributed by atoms with Crippen LogP contribution >= 0.6 is 48.7 Å². The van der Waals surface area contributed by atoms with E-state index in [9.17, 15) is 50.8 Å². The van der Waals surface area contributed by atoms with Crippen molar-refractivity contribution in [2.45, 2.75) is 31.9 Å². The van der Waals surface area contributed by atoms with Gasteiger partial charge >= 0.3 is 148 Å². The van der Waals surface area contributed by atoms with E-state index in [4.69, 9.17) is 19.8 Å². The first kappa shape index (κ1) is 82.0. The second-order valence-electron chi connectivity index (χ2n) is 14.0. The van der Waals surface area contributed by atoms with Gasteiger partial charge < -0.3 is 53.0 Å². The van der Waals surface area contributed by atoms with Crippen molar-refractivity contribution in [1.29, 1.82) is 0 Å². The van der Waals surface area contributed by atoms with Crippen LogP contribution in [0, 0.1) is 0 Å². The van der Waals surface area contributed by atoms with Gasteiger partial charge in [0.25, 0.3) is 0 Å². The van der Waals surface area contributed by atoms with Crippen LogP contribution in [0.25, 0.3) is 0 Å². The number of hydrogen-bond donors (Lipinski definition) is 5. The minimum absolute atomic E-state index is 0. The van der Waals surface area contributed by atoms with Gasteiger partial charge in [0, 0.05) is 22.0 Å². The van der Waals surface area contributed by atoms with Crippen LogP contribution in [0.5, 0.6) is 0 Å². The zero-order valence-electron chi connectivity index (χ0n) is 42.8. The van der Waals surface area contributed by atoms with E-state index in [0.717, 1.165) is 6.07 Å². The Balaban J connectivity index is 0.0000112. The second kappa shape index (κ2) is 41.3. The first-order valence-electron chi connectivity index (χ1n) is 20.2. The number of nitrogen functional groups attached to an aromatic ring is 2. The molecule has 0 aliphatic heterocycles. The van der Waals surface area contributed by atoms with Gasteiger partial charge in [0.1, 0.15) is 27.2 Å². The van der Waals surface area contributed by atoms with Crippen LogP contribution in [0.4, 0.5) is 69.0 Å². The van der Waals surface area contributed by atoms with Crippen molar-refractivity contribution in [3.05, 3.63) is 97.1 Å². The molecule has 0 aliphatic rings. The van der Waals surface area contributed by atoms with Gasteiger partial charge in [-0.3, -0.25) is 28.5 Å². The molecule has 0 bridgehead atoms. The molecule has 420 valence electrons. The third kappa shape index (κ3) is 26.5. The molecule has 33 nitrogen and oxygen atoms in total. The third-order valence-electron chi connectivity index (χ3n) is 9.11. The molecule has 0 fully saturated rings. The SMILES string of the molecule is C.Nc1c(N=Nc2ccc(S(=O)(=O)CCOSOO[O-])cc2)cc(S(=O)(=O)[O-])c(N)c1N=Nc1cc(Nc2nc(Nc3ccc(S(=O)(=O)CCOSOO[O-])cc3)nc(Nc3cccc(SOO[O-])c3)n2)ccc1SOO[O-].[Na+].[Na+].[Na+].[Na+].[Na+]. The number of sulfone groups is 2. The summed E-state index contributed by atoms with van der Waals surface area (Å²) in [6, 6.07) is 21.5. The summed E-state index contributed by atoms with van der Waals surface area (Å²) >= 11 is 1.28. The fourth-order valence-corrected chi connectivity index (χ4v) is 10.1. The molecule has 0 radical (unpaired) electrons. The van der Waals surface area contributed by atoms with Crippen molar-refractivity contribution in [3.8, 4) is 0 Å². The standard InChI is InChI=1S/C37H36N12O21S7.CH4.5Na/c38-32-29(48-46-22-6-11-27(12-7-22)76(56,57)17-15-62-74-70-66-53)20-31(77(58,59)60)33(39)34(32)49-47-28-19-24(8-13-30(28)72-68-64-51)42-37-44-35(43-36(45-37)41-23-2-1-3-25(18-23)71-67-63-50)40-21-4-9-26(10-5-21)75(54,55)16-14-61-73-69-65-52;;;;;;/h1-13,18-20,50-53H,14-17,38-39H2,(H,58,59,60)(H3,40,41,42,43,44,45);1H4;;;;;/q;;5*+1/p-5. The second-order valence-corrected chi connectivity index (χ2v) is 22.1. The number of rotatable bonds is 31. The number of nitrogens with zero attached hydrogens (tertiary/aromatic N) is 7. The van der Waals surface area contributed by atoms with E-state index < -0.39 is 68.9 Å². The molecule has 0 aliphatic carbocycles. The summed E-state index contributed by atoms with van der Waals surface area (Å²) in [5.41, 5.74) is 11.0. The van der Waals surface area contributed by atoms with E-state index in [1.165, 1.54) is 66.7 Å². The van der Waals surface area contributed by atoms with Crippen LogP contribution in [-0.4, -0.2) is 69.5 Å². The summed E-state index contributed by atoms with van der Waals surface area (Å²) in [5, 5.41) is 79.2. The smallest absolute Gasteiger partial charge is 0.744 e. The van der Waals surface area contributed by atoms with Gasteiger partial charge in [0.05, 0.1) is 85.4 Å². The third-order valence-corrected chi connectivity index (χ3v) is 15.3. The average Bonchev–Trinajstić information content (AvgIpc) is 3.61. The quantitative estimate of drug-likeness (QED) is 0.00394. The Morgan fingerprint density at radius 2 is 0.988 bits per heavy atom. The van der Waals surface area contributed by atoms with Gasteiger partial charge in [0.15, 0.2) is 44.3 Å². The normalized spacial score (nSPS) is 11.3. The van der Waals surface area contributed by atoms with Crippen molar-refractivity contribution in [2.24, 2.45) is 20.5 Å². The molecule has 7 N–H and O–H groups in total. The van der Waals surface area contributed by atoms with E-state index in [2.05, 4.69) is 88.8 Å². The van der Waals surface area contributed by atoms with Gasteiger partial charge in [-0.15, -0.1) is 24.0 Å². The molecule has 1 aromatic heterocycles. The topological polar surface area (TPSA) is 486 Å². The predicted octanol–water partition coefficient (Wildman–Crippen LogP) is -10.7. The Hall–Kier alpha value is -1.04. The number of aromatic nitrogens is 3. The Kier molecular flexibility index (Phi) is 40.8. The number of nitrogens with one attached hydrogen (secondary N) is 3. The molecule has 0 unspecified atom stereocenters. The molecule has 5 aromatic carbocycles. The molecule has 0 amide bonds. The van der Waals surface area contributed by atoms with Gasteiger partial charge in [-0.05, 0) is 91.0 Å². The maximum atomic E-state index is 12.8. The van der Waals surface area contributed by atoms with Gasteiger partial charge in [0.2, 0.25) is 17.8 Å². The molecule has 6 aromatic rings. The van der Waals surface area contributed by atoms with Crippen molar-refractivity contribution in [3.63, 3.8) is 0 Å². The van der Waals surface area contributed by atoms with E-state index in [1.54, 1.807) is 24.3 Å². The van der Waals surface area contributed by atoms with Crippen LogP contribution in [-0.2, 0) is 75.6 Å². The summed E-state index contributed by atoms with van der Waals surface area (Å²) in [5.74, 6) is -1.33. The van der Waals surface area contributed by atoms with Gasteiger partial charge in [-0.25, -0.2) is 25.3 Å². The molecule has 83 heavy (non-hydrogen) atoms. The summed E-state index contributed by atoms with van der Waals surface area (Å²) < 4.78 is 115. The first-order valence-corrected chi connectivity index (χ1v) is 27.7. The van der Waals surface area contributed by atoms with Crippen LogP contribution in [0.15, 0.2) is 142 Å². The summed E-state index contributed by atoms with van der Waals surface area (Å²) in [4.78, 5) is 12.5. The van der Waals surface area contributed by atoms with Crippen LogP contribution in [0.3, 0.4) is 0 Å². The van der Waals surface area contributed by atoms with Crippen LogP contribution < -0.4 is 196 Å². The Morgan fingerprint density at radius 1 is 0.518 bits per heavy atom. The largest absolute Gasteiger partial charge is 1.00 e. The van der Waals surface area contributed by atoms with Gasteiger partial charge in [-0.2, -0.15) is 28.7 Å². The molecular formula is C38H35N12Na5O21S7. The van der Waals surface area contributed by atoms with Crippen molar-refractivity contribution in [2.75, 3.05) is 52.1 Å². The Bertz CT molecular complexity index is 3390. The fraction of sp³-hybridized carbons (Fsp3) is 0.132. The predicted molar refractivity (Wildman–Crippen MR) is 265 cm³/mol. The number of hydrogen-bond acceptors (Lipinski definition) is 37. The van der Waals surface area contributed by atoms with Crippen LogP contribution in [0.2, 0.25) is 0 Å². The van der Waals surface area contributed by atoms with E-state index in [1.807, 2.05) is 0 Å². The van der Waals surface area contributed by atoms with E-state index >= 15 is 0 Å². The summed E-state index contributed by atoms with van der Waals surface area (Å²) in [6.07, 6.45) is 0. The van der Waals surface area contributed by atoms with Crippen molar-refractivity contribution >= 4 is 148 Å². The molecule has 0 saturated heterocycles. The molecular weight excluding hydrogens is 1300 g/mol. The van der Waals surface area contributed by atoms with E-state index in [-0.39, 0.29) is 243 Å². The Labute approximate surface area is 600 Å². The molecule has 0 atom stereocenters. The minimum Gasteiger partial charge on any atom is -0.744 e. The number of benzene rings is 5. The van der Waals surface area contributed by atoms with Crippen molar-refractivity contribution in [1.82, 2.24) is 15.0 Å². The maximum Gasteiger partial charge on any atom is 1.00 e. The number of nitrogens with two attached hydrogens (primary N) is 2. The number of anilines is 8. The Morgan fingerprint density at radius 3 is 1.51 bits per heavy atom. The molecule has 0 saturated carbocycles.